The summed E-state index contributed by atoms with van der Waals surface area (Å²) in [7, 11) is 0. The third-order valence-corrected chi connectivity index (χ3v) is 5.61. The molecule has 0 aliphatic heterocycles. The van der Waals surface area contributed by atoms with Crippen LogP contribution < -0.4 is 16.2 Å². The highest BCUT2D eigenvalue weighted by molar-refractivity contribution is 8.01. The van der Waals surface area contributed by atoms with Crippen LogP contribution in [0.3, 0.4) is 0 Å². The van der Waals surface area contributed by atoms with Gasteiger partial charge in [-0.1, -0.05) is 35.2 Å². The molecule has 10 heteroatoms. The quantitative estimate of drug-likeness (QED) is 0.429. The Morgan fingerprint density at radius 2 is 2.00 bits per heavy atom. The molecule has 0 radical (unpaired) electrons. The molecular formula is C17H17N5O3S2. The van der Waals surface area contributed by atoms with E-state index in [1.54, 1.807) is 6.07 Å². The van der Waals surface area contributed by atoms with Crippen LogP contribution in [-0.2, 0) is 4.79 Å². The minimum atomic E-state index is -0.519. The molecule has 0 atom stereocenters. The number of carbonyl (C=O) groups is 2. The number of anilines is 2. The molecule has 0 saturated heterocycles. The molecule has 0 spiro atoms. The topological polar surface area (TPSA) is 109 Å². The lowest BCUT2D eigenvalue weighted by atomic mass is 10.1. The molecule has 2 heterocycles. The van der Waals surface area contributed by atoms with Gasteiger partial charge in [0.2, 0.25) is 11.0 Å². The van der Waals surface area contributed by atoms with Crippen LogP contribution in [0.2, 0.25) is 0 Å². The lowest BCUT2D eigenvalue weighted by Crippen LogP contribution is -2.42. The Balaban J connectivity index is 1.47. The van der Waals surface area contributed by atoms with Crippen molar-refractivity contribution in [3.05, 3.63) is 53.5 Å². The number of aryl methyl sites for hydroxylation is 1. The summed E-state index contributed by atoms with van der Waals surface area (Å²) in [6.07, 6.45) is 1.38. The Morgan fingerprint density at radius 3 is 2.78 bits per heavy atom. The largest absolute Gasteiger partial charge is 0.459 e. The van der Waals surface area contributed by atoms with Gasteiger partial charge in [-0.2, -0.15) is 0 Å². The minimum Gasteiger partial charge on any atom is -0.459 e. The predicted octanol–water partition coefficient (Wildman–Crippen LogP) is 3.04. The second kappa shape index (κ2) is 8.69. The van der Waals surface area contributed by atoms with Crippen molar-refractivity contribution in [2.45, 2.75) is 18.2 Å². The van der Waals surface area contributed by atoms with E-state index in [-0.39, 0.29) is 17.4 Å². The predicted molar refractivity (Wildman–Crippen MR) is 104 cm³/mol. The number of carbonyl (C=O) groups excluding carboxylic acids is 2. The highest BCUT2D eigenvalue weighted by Crippen LogP contribution is 2.29. The fraction of sp³-hybridized carbons (Fsp3) is 0.176. The monoisotopic (exact) mass is 403 g/mol. The highest BCUT2D eigenvalue weighted by atomic mass is 32.2. The van der Waals surface area contributed by atoms with Crippen molar-refractivity contribution < 1.29 is 14.0 Å². The van der Waals surface area contributed by atoms with Gasteiger partial charge < -0.3 is 9.73 Å². The summed E-state index contributed by atoms with van der Waals surface area (Å²) in [4.78, 5) is 23.5. The number of nitrogens with one attached hydrogen (secondary N) is 3. The Bertz CT molecular complexity index is 940. The Hall–Kier alpha value is -2.85. The van der Waals surface area contributed by atoms with Crippen molar-refractivity contribution in [3.8, 4) is 0 Å². The lowest BCUT2D eigenvalue weighted by Gasteiger charge is -2.08. The van der Waals surface area contributed by atoms with E-state index in [9.17, 15) is 9.59 Å². The standard InChI is InChI=1S/C17H17N5O3S2/c1-10-5-3-6-12(11(10)2)18-16-21-22-17(27-16)26-9-14(23)19-20-15(24)13-7-4-8-25-13/h3-8H,9H2,1-2H3,(H,18,21)(H,19,23)(H,20,24). The molecular weight excluding hydrogens is 386 g/mol. The van der Waals surface area contributed by atoms with Gasteiger partial charge in [0.1, 0.15) is 0 Å². The number of benzene rings is 1. The third-order valence-electron chi connectivity index (χ3n) is 3.64. The van der Waals surface area contributed by atoms with Crippen LogP contribution in [-0.4, -0.2) is 27.8 Å². The van der Waals surface area contributed by atoms with E-state index in [2.05, 4.69) is 26.4 Å². The number of thioether (sulfide) groups is 1. The normalized spacial score (nSPS) is 10.4. The van der Waals surface area contributed by atoms with E-state index >= 15 is 0 Å². The maximum absolute atomic E-state index is 11.8. The number of furan rings is 1. The second-order valence-corrected chi connectivity index (χ2v) is 7.71. The van der Waals surface area contributed by atoms with E-state index in [1.807, 2.05) is 32.0 Å². The van der Waals surface area contributed by atoms with Crippen molar-refractivity contribution in [1.29, 1.82) is 0 Å². The van der Waals surface area contributed by atoms with Gasteiger partial charge >= 0.3 is 5.91 Å². The molecule has 0 unspecified atom stereocenters. The number of aromatic nitrogens is 2. The van der Waals surface area contributed by atoms with Gasteiger partial charge in [0.05, 0.1) is 12.0 Å². The van der Waals surface area contributed by atoms with Gasteiger partial charge in [0.25, 0.3) is 0 Å². The van der Waals surface area contributed by atoms with Crippen LogP contribution in [0.4, 0.5) is 10.8 Å². The molecule has 0 aliphatic rings. The first-order valence-corrected chi connectivity index (χ1v) is 9.75. The fourth-order valence-electron chi connectivity index (χ4n) is 2.08. The molecule has 1 aromatic carbocycles. The Kier molecular flexibility index (Phi) is 6.09. The molecule has 0 fully saturated rings. The number of hydrogen-bond donors (Lipinski definition) is 3. The molecule has 8 nitrogen and oxygen atoms in total. The van der Waals surface area contributed by atoms with Crippen molar-refractivity contribution in [2.75, 3.05) is 11.1 Å². The summed E-state index contributed by atoms with van der Waals surface area (Å²) in [6, 6.07) is 9.09. The Labute approximate surface area is 163 Å². The van der Waals surface area contributed by atoms with Gasteiger partial charge in [-0.3, -0.25) is 20.4 Å². The first-order valence-electron chi connectivity index (χ1n) is 7.95. The summed E-state index contributed by atoms with van der Waals surface area (Å²) in [5, 5.41) is 12.0. The molecule has 0 aliphatic carbocycles. The van der Waals surface area contributed by atoms with Crippen LogP contribution >= 0.6 is 23.1 Å². The lowest BCUT2D eigenvalue weighted by molar-refractivity contribution is -0.119. The molecule has 3 rings (SSSR count). The SMILES string of the molecule is Cc1cccc(Nc2nnc(SCC(=O)NNC(=O)c3ccco3)s2)c1C. The molecule has 2 aromatic heterocycles. The van der Waals surface area contributed by atoms with Crippen LogP contribution in [0.15, 0.2) is 45.4 Å². The average molecular weight is 403 g/mol. The van der Waals surface area contributed by atoms with E-state index in [0.717, 1.165) is 11.3 Å². The van der Waals surface area contributed by atoms with Crippen molar-refractivity contribution in [1.82, 2.24) is 21.0 Å². The zero-order valence-electron chi connectivity index (χ0n) is 14.6. The van der Waals surface area contributed by atoms with Gasteiger partial charge in [0.15, 0.2) is 10.1 Å². The van der Waals surface area contributed by atoms with Crippen molar-refractivity contribution >= 4 is 45.7 Å². The minimum absolute atomic E-state index is 0.0938. The number of rotatable bonds is 6. The summed E-state index contributed by atoms with van der Waals surface area (Å²) in [5.74, 6) is -0.668. The molecule has 3 N–H and O–H groups in total. The average Bonchev–Trinajstić information content (AvgIpc) is 3.34. The molecule has 0 saturated carbocycles. The van der Waals surface area contributed by atoms with E-state index in [0.29, 0.717) is 9.47 Å². The van der Waals surface area contributed by atoms with Gasteiger partial charge in [-0.25, -0.2) is 0 Å². The molecule has 0 bridgehead atoms. The number of hydrogen-bond acceptors (Lipinski definition) is 8. The van der Waals surface area contributed by atoms with Crippen LogP contribution in [0.1, 0.15) is 21.7 Å². The van der Waals surface area contributed by atoms with Crippen molar-refractivity contribution in [2.24, 2.45) is 0 Å². The second-order valence-electron chi connectivity index (χ2n) is 5.51. The summed E-state index contributed by atoms with van der Waals surface area (Å²) < 4.78 is 5.58. The zero-order valence-corrected chi connectivity index (χ0v) is 16.2. The molecule has 3 aromatic rings. The smallest absolute Gasteiger partial charge is 0.305 e. The summed E-state index contributed by atoms with van der Waals surface area (Å²) >= 11 is 2.59. The van der Waals surface area contributed by atoms with Gasteiger partial charge in [0, 0.05) is 5.69 Å². The van der Waals surface area contributed by atoms with Crippen molar-refractivity contribution in [3.63, 3.8) is 0 Å². The Morgan fingerprint density at radius 1 is 1.15 bits per heavy atom. The zero-order chi connectivity index (χ0) is 19.2. The summed E-state index contributed by atoms with van der Waals surface area (Å²) in [5.41, 5.74) is 7.91. The molecule has 140 valence electrons. The van der Waals surface area contributed by atoms with Gasteiger partial charge in [-0.15, -0.1) is 10.2 Å². The number of hydrazine groups is 1. The molecule has 2 amide bonds. The maximum atomic E-state index is 11.8. The number of amides is 2. The molecule has 27 heavy (non-hydrogen) atoms. The van der Waals surface area contributed by atoms with E-state index in [1.165, 1.54) is 41.0 Å². The van der Waals surface area contributed by atoms with E-state index < -0.39 is 5.91 Å². The van der Waals surface area contributed by atoms with Gasteiger partial charge in [-0.05, 0) is 43.2 Å². The van der Waals surface area contributed by atoms with Crippen LogP contribution in [0, 0.1) is 13.8 Å². The highest BCUT2D eigenvalue weighted by Gasteiger charge is 2.12. The third kappa shape index (κ3) is 5.08. The van der Waals surface area contributed by atoms with Crippen LogP contribution in [0.5, 0.6) is 0 Å². The van der Waals surface area contributed by atoms with Crippen LogP contribution in [0.25, 0.3) is 0 Å². The maximum Gasteiger partial charge on any atom is 0.305 e. The first-order chi connectivity index (χ1) is 13.0. The fourth-order valence-corrected chi connectivity index (χ4v) is 3.64. The summed E-state index contributed by atoms with van der Waals surface area (Å²) in [6.45, 7) is 4.08. The van der Waals surface area contributed by atoms with E-state index in [4.69, 9.17) is 4.42 Å². The first kappa shape index (κ1) is 18.9. The number of nitrogens with zero attached hydrogens (tertiary/aromatic N) is 2.